The van der Waals surface area contributed by atoms with Gasteiger partial charge < -0.3 is 19.4 Å². The zero-order valence-corrected chi connectivity index (χ0v) is 11.0. The van der Waals surface area contributed by atoms with Gasteiger partial charge in [-0.25, -0.2) is 0 Å². The normalized spacial score (nSPS) is 9.70. The van der Waals surface area contributed by atoms with Crippen molar-refractivity contribution in [2.24, 2.45) is 0 Å². The molecule has 108 valence electrons. The summed E-state index contributed by atoms with van der Waals surface area (Å²) in [6.07, 6.45) is 2.57. The average molecular weight is 282 g/mol. The molecule has 1 rings (SSSR count). The summed E-state index contributed by atoms with van der Waals surface area (Å²) in [4.78, 5) is 49.7. The number of nitrogens with zero attached hydrogens (tertiary/aromatic N) is 1. The quantitative estimate of drug-likeness (QED) is 0.706. The maximum absolute atomic E-state index is 12.2. The van der Waals surface area contributed by atoms with E-state index in [1.165, 1.54) is 18.5 Å². The fourth-order valence-corrected chi connectivity index (χ4v) is 1.39. The monoisotopic (exact) mass is 282 g/mol. The van der Waals surface area contributed by atoms with Gasteiger partial charge in [-0.3, -0.25) is 19.2 Å². The standard InChI is InChI=1S/C12H14N2O6/c1-19-10(16)6-14(7-11(17)20-2)12(18)8-5-13-4-3-9(8)15/h3-5H,6-7H2,1-2H3,(H,13,15). The molecule has 1 amide bonds. The number of hydrogen-bond acceptors (Lipinski definition) is 6. The van der Waals surface area contributed by atoms with Crippen molar-refractivity contribution in [1.29, 1.82) is 0 Å². The van der Waals surface area contributed by atoms with E-state index in [0.29, 0.717) is 0 Å². The minimum absolute atomic E-state index is 0.180. The lowest BCUT2D eigenvalue weighted by Crippen LogP contribution is -2.41. The van der Waals surface area contributed by atoms with E-state index < -0.39 is 36.4 Å². The predicted octanol–water partition coefficient (Wildman–Crippen LogP) is -0.837. The molecular formula is C12H14N2O6. The number of H-pyrrole nitrogens is 1. The van der Waals surface area contributed by atoms with Crippen LogP contribution < -0.4 is 5.43 Å². The molecule has 0 aromatic carbocycles. The molecular weight excluding hydrogens is 268 g/mol. The van der Waals surface area contributed by atoms with Crippen LogP contribution in [0.4, 0.5) is 0 Å². The minimum atomic E-state index is -0.761. The summed E-state index contributed by atoms with van der Waals surface area (Å²) in [5.74, 6) is -2.19. The van der Waals surface area contributed by atoms with E-state index in [0.717, 1.165) is 19.1 Å². The second-order valence-corrected chi connectivity index (χ2v) is 3.74. The summed E-state index contributed by atoms with van der Waals surface area (Å²) in [7, 11) is 2.30. The first-order chi connectivity index (χ1) is 9.49. The molecule has 8 nitrogen and oxygen atoms in total. The van der Waals surface area contributed by atoms with Crippen LogP contribution >= 0.6 is 0 Å². The van der Waals surface area contributed by atoms with E-state index in [2.05, 4.69) is 14.5 Å². The van der Waals surface area contributed by atoms with E-state index in [9.17, 15) is 19.2 Å². The maximum atomic E-state index is 12.2. The molecule has 0 atom stereocenters. The number of amides is 1. The highest BCUT2D eigenvalue weighted by Crippen LogP contribution is 2.00. The van der Waals surface area contributed by atoms with E-state index in [1.54, 1.807) is 0 Å². The van der Waals surface area contributed by atoms with Gasteiger partial charge in [0.1, 0.15) is 18.7 Å². The number of nitrogens with one attached hydrogen (secondary N) is 1. The Balaban J connectivity index is 3.00. The zero-order valence-electron chi connectivity index (χ0n) is 11.0. The number of esters is 2. The Bertz CT molecular complexity index is 547. The Labute approximate surface area is 114 Å². The number of aromatic nitrogens is 1. The number of aromatic amines is 1. The molecule has 0 aliphatic rings. The molecule has 8 heteroatoms. The fraction of sp³-hybridized carbons (Fsp3) is 0.333. The Morgan fingerprint density at radius 3 is 2.15 bits per heavy atom. The Morgan fingerprint density at radius 2 is 1.70 bits per heavy atom. The number of carbonyl (C=O) groups is 3. The van der Waals surface area contributed by atoms with Gasteiger partial charge in [-0.05, 0) is 0 Å². The highest BCUT2D eigenvalue weighted by molar-refractivity contribution is 5.97. The second kappa shape index (κ2) is 7.07. The van der Waals surface area contributed by atoms with Crippen LogP contribution in [0.2, 0.25) is 0 Å². The molecule has 0 unspecified atom stereocenters. The molecule has 0 saturated heterocycles. The molecule has 0 spiro atoms. The lowest BCUT2D eigenvalue weighted by Gasteiger charge is -2.19. The first-order valence-corrected chi connectivity index (χ1v) is 5.59. The Hall–Kier alpha value is -2.64. The highest BCUT2D eigenvalue weighted by Gasteiger charge is 2.23. The Morgan fingerprint density at radius 1 is 1.15 bits per heavy atom. The van der Waals surface area contributed by atoms with Gasteiger partial charge in [0, 0.05) is 18.5 Å². The van der Waals surface area contributed by atoms with Gasteiger partial charge in [-0.1, -0.05) is 0 Å². The number of rotatable bonds is 5. The number of ether oxygens (including phenoxy) is 2. The predicted molar refractivity (Wildman–Crippen MR) is 67.0 cm³/mol. The van der Waals surface area contributed by atoms with Crippen molar-refractivity contribution in [3.8, 4) is 0 Å². The van der Waals surface area contributed by atoms with Gasteiger partial charge in [-0.15, -0.1) is 0 Å². The molecule has 0 bridgehead atoms. The highest BCUT2D eigenvalue weighted by atomic mass is 16.5. The van der Waals surface area contributed by atoms with Gasteiger partial charge in [0.05, 0.1) is 14.2 Å². The molecule has 1 aromatic rings. The summed E-state index contributed by atoms with van der Waals surface area (Å²) in [5.41, 5.74) is -0.700. The van der Waals surface area contributed by atoms with Crippen molar-refractivity contribution >= 4 is 17.8 Å². The molecule has 1 heterocycles. The van der Waals surface area contributed by atoms with Gasteiger partial charge in [0.15, 0.2) is 5.43 Å². The van der Waals surface area contributed by atoms with Crippen molar-refractivity contribution < 1.29 is 23.9 Å². The molecule has 0 radical (unpaired) electrons. The first kappa shape index (κ1) is 15.4. The number of hydrogen-bond donors (Lipinski definition) is 1. The molecule has 0 aliphatic carbocycles. The summed E-state index contributed by atoms with van der Waals surface area (Å²) < 4.78 is 8.88. The number of carbonyl (C=O) groups excluding carboxylic acids is 3. The number of methoxy groups -OCH3 is 2. The van der Waals surface area contributed by atoms with E-state index in [4.69, 9.17) is 0 Å². The van der Waals surface area contributed by atoms with Crippen LogP contribution in [0.25, 0.3) is 0 Å². The van der Waals surface area contributed by atoms with Crippen LogP contribution in [-0.2, 0) is 19.1 Å². The molecule has 0 fully saturated rings. The maximum Gasteiger partial charge on any atom is 0.325 e. The van der Waals surface area contributed by atoms with Gasteiger partial charge in [-0.2, -0.15) is 0 Å². The zero-order chi connectivity index (χ0) is 15.1. The van der Waals surface area contributed by atoms with Crippen LogP contribution in [0.1, 0.15) is 10.4 Å². The third-order valence-corrected chi connectivity index (χ3v) is 2.44. The van der Waals surface area contributed by atoms with Gasteiger partial charge in [0.2, 0.25) is 0 Å². The lowest BCUT2D eigenvalue weighted by molar-refractivity contribution is -0.144. The summed E-state index contributed by atoms with van der Waals surface area (Å²) >= 11 is 0. The van der Waals surface area contributed by atoms with Crippen molar-refractivity contribution in [3.63, 3.8) is 0 Å². The fourth-order valence-electron chi connectivity index (χ4n) is 1.39. The first-order valence-electron chi connectivity index (χ1n) is 5.59. The van der Waals surface area contributed by atoms with Gasteiger partial charge >= 0.3 is 11.9 Å². The van der Waals surface area contributed by atoms with Crippen LogP contribution in [0.15, 0.2) is 23.3 Å². The van der Waals surface area contributed by atoms with Crippen LogP contribution in [0, 0.1) is 0 Å². The average Bonchev–Trinajstić information content (AvgIpc) is 2.45. The SMILES string of the molecule is COC(=O)CN(CC(=O)OC)C(=O)c1c[nH]ccc1=O. The van der Waals surface area contributed by atoms with Crippen molar-refractivity contribution in [3.05, 3.63) is 34.2 Å². The lowest BCUT2D eigenvalue weighted by atomic mass is 10.2. The third kappa shape index (κ3) is 3.94. The second-order valence-electron chi connectivity index (χ2n) is 3.74. The van der Waals surface area contributed by atoms with Crippen LogP contribution in [0.3, 0.4) is 0 Å². The summed E-state index contributed by atoms with van der Waals surface area (Å²) in [6, 6.07) is 1.17. The van der Waals surface area contributed by atoms with Gasteiger partial charge in [0.25, 0.3) is 5.91 Å². The Kier molecular flexibility index (Phi) is 5.45. The summed E-state index contributed by atoms with van der Waals surface area (Å²) in [5, 5.41) is 0. The molecule has 0 aliphatic heterocycles. The molecule has 1 N–H and O–H groups in total. The van der Waals surface area contributed by atoms with Crippen LogP contribution in [-0.4, -0.2) is 55.0 Å². The number of pyridine rings is 1. The van der Waals surface area contributed by atoms with Crippen LogP contribution in [0.5, 0.6) is 0 Å². The minimum Gasteiger partial charge on any atom is -0.468 e. The summed E-state index contributed by atoms with van der Waals surface area (Å²) in [6.45, 7) is -0.919. The topological polar surface area (TPSA) is 106 Å². The smallest absolute Gasteiger partial charge is 0.325 e. The van der Waals surface area contributed by atoms with E-state index >= 15 is 0 Å². The van der Waals surface area contributed by atoms with Crippen molar-refractivity contribution in [1.82, 2.24) is 9.88 Å². The van der Waals surface area contributed by atoms with Crippen molar-refractivity contribution in [2.75, 3.05) is 27.3 Å². The molecule has 20 heavy (non-hydrogen) atoms. The largest absolute Gasteiger partial charge is 0.468 e. The molecule has 0 saturated carbocycles. The molecule has 1 aromatic heterocycles. The third-order valence-electron chi connectivity index (χ3n) is 2.44. The van der Waals surface area contributed by atoms with E-state index in [1.807, 2.05) is 0 Å². The van der Waals surface area contributed by atoms with Crippen molar-refractivity contribution in [2.45, 2.75) is 0 Å². The van der Waals surface area contributed by atoms with E-state index in [-0.39, 0.29) is 5.56 Å².